The number of fused-ring (bicyclic) bond motifs is 1. The van der Waals surface area contributed by atoms with Crippen molar-refractivity contribution in [2.24, 2.45) is 21.6 Å². The van der Waals surface area contributed by atoms with E-state index in [1.807, 2.05) is 0 Å². The van der Waals surface area contributed by atoms with Gasteiger partial charge in [-0.15, -0.1) is 23.5 Å². The third-order valence-corrected chi connectivity index (χ3v) is 9.71. The second-order valence-corrected chi connectivity index (χ2v) is 11.1. The molecule has 2 aliphatic rings. The molecule has 0 aromatic heterocycles. The van der Waals surface area contributed by atoms with Gasteiger partial charge in [0.15, 0.2) is 4.20 Å². The van der Waals surface area contributed by atoms with Crippen LogP contribution in [0.3, 0.4) is 0 Å². The van der Waals surface area contributed by atoms with Gasteiger partial charge in [0, 0.05) is 5.92 Å². The van der Waals surface area contributed by atoms with Gasteiger partial charge in [0.2, 0.25) is 0 Å². The molecule has 3 unspecified atom stereocenters. The van der Waals surface area contributed by atoms with Crippen molar-refractivity contribution in [3.8, 4) is 12.1 Å². The third-order valence-electron chi connectivity index (χ3n) is 5.80. The number of aliphatic imine (C=N–C) groups is 1. The van der Waals surface area contributed by atoms with Crippen molar-refractivity contribution >= 4 is 45.3 Å². The van der Waals surface area contributed by atoms with Crippen molar-refractivity contribution in [2.45, 2.75) is 49.7 Å². The Kier molecular flexibility index (Phi) is 6.58. The lowest BCUT2D eigenvalue weighted by atomic mass is 9.97. The van der Waals surface area contributed by atoms with Gasteiger partial charge in [-0.1, -0.05) is 32.8 Å². The molecule has 1 aromatic carbocycles. The molecule has 0 amide bonds. The zero-order chi connectivity index (χ0) is 21.3. The van der Waals surface area contributed by atoms with E-state index in [4.69, 9.17) is 10.7 Å². The number of hydrogen-bond acceptors (Lipinski definition) is 6. The SMILES string of the molecule is CCCCSC1(SCCCC)N=C(N)C2(C#N)C(c3ccc(F)c(Br)c3)C12C#N. The van der Waals surface area contributed by atoms with Gasteiger partial charge in [-0.05, 0) is 58.0 Å². The van der Waals surface area contributed by atoms with Gasteiger partial charge >= 0.3 is 0 Å². The first kappa shape index (κ1) is 22.5. The van der Waals surface area contributed by atoms with Crippen LogP contribution in [-0.4, -0.2) is 21.5 Å². The second-order valence-electron chi connectivity index (χ2n) is 7.43. The first-order chi connectivity index (χ1) is 13.9. The van der Waals surface area contributed by atoms with E-state index in [-0.39, 0.29) is 11.7 Å². The van der Waals surface area contributed by atoms with Crippen molar-refractivity contribution in [3.05, 3.63) is 34.1 Å². The molecule has 29 heavy (non-hydrogen) atoms. The summed E-state index contributed by atoms with van der Waals surface area (Å²) in [5.41, 5.74) is 4.88. The Morgan fingerprint density at radius 1 is 1.17 bits per heavy atom. The Morgan fingerprint density at radius 3 is 2.28 bits per heavy atom. The van der Waals surface area contributed by atoms with E-state index < -0.39 is 21.0 Å². The lowest BCUT2D eigenvalue weighted by molar-refractivity contribution is 0.562. The van der Waals surface area contributed by atoms with E-state index in [1.54, 1.807) is 35.7 Å². The minimum absolute atomic E-state index is 0.236. The first-order valence-corrected chi connectivity index (χ1v) is 12.6. The van der Waals surface area contributed by atoms with Crippen LogP contribution >= 0.6 is 39.5 Å². The van der Waals surface area contributed by atoms with Crippen molar-refractivity contribution in [3.63, 3.8) is 0 Å². The molecule has 1 aliphatic carbocycles. The molecule has 0 spiro atoms. The smallest absolute Gasteiger partial charge is 0.175 e. The number of benzene rings is 1. The second kappa shape index (κ2) is 8.49. The van der Waals surface area contributed by atoms with Crippen molar-refractivity contribution in [1.82, 2.24) is 0 Å². The van der Waals surface area contributed by atoms with Crippen LogP contribution < -0.4 is 5.73 Å². The molecule has 8 heteroatoms. The van der Waals surface area contributed by atoms with Crippen molar-refractivity contribution in [2.75, 3.05) is 11.5 Å². The number of nitrogens with zero attached hydrogens (tertiary/aromatic N) is 3. The number of amidine groups is 1. The highest BCUT2D eigenvalue weighted by atomic mass is 79.9. The molecule has 1 aromatic rings. The number of halogens is 2. The molecule has 4 nitrogen and oxygen atoms in total. The van der Waals surface area contributed by atoms with E-state index in [0.29, 0.717) is 4.47 Å². The molecule has 0 radical (unpaired) electrons. The summed E-state index contributed by atoms with van der Waals surface area (Å²) in [5.74, 6) is 1.12. The van der Waals surface area contributed by atoms with Crippen LogP contribution in [0.4, 0.5) is 4.39 Å². The summed E-state index contributed by atoms with van der Waals surface area (Å²) in [4.78, 5) is 4.79. The number of hydrogen-bond donors (Lipinski definition) is 1. The Hall–Kier alpha value is -1.22. The maximum Gasteiger partial charge on any atom is 0.175 e. The van der Waals surface area contributed by atoms with Crippen LogP contribution in [0, 0.1) is 39.3 Å². The fraction of sp³-hybridized carbons (Fsp3) is 0.571. The number of rotatable bonds is 9. The summed E-state index contributed by atoms with van der Waals surface area (Å²) < 4.78 is 13.3. The van der Waals surface area contributed by atoms with E-state index in [0.717, 1.165) is 42.8 Å². The summed E-state index contributed by atoms with van der Waals surface area (Å²) in [6, 6.07) is 9.55. The van der Waals surface area contributed by atoms with Crippen molar-refractivity contribution < 1.29 is 4.39 Å². The minimum Gasteiger partial charge on any atom is -0.386 e. The fourth-order valence-electron chi connectivity index (χ4n) is 4.26. The highest BCUT2D eigenvalue weighted by Gasteiger charge is 2.91. The fourth-order valence-corrected chi connectivity index (χ4v) is 8.34. The van der Waals surface area contributed by atoms with Gasteiger partial charge in [-0.3, -0.25) is 0 Å². The molecule has 3 rings (SSSR count). The van der Waals surface area contributed by atoms with E-state index in [9.17, 15) is 14.9 Å². The quantitative estimate of drug-likeness (QED) is 0.346. The van der Waals surface area contributed by atoms with E-state index in [2.05, 4.69) is 41.9 Å². The zero-order valence-electron chi connectivity index (χ0n) is 16.5. The minimum atomic E-state index is -1.17. The molecule has 0 bridgehead atoms. The molecular weight excluding hydrogens is 471 g/mol. The highest BCUT2D eigenvalue weighted by Crippen LogP contribution is 2.85. The van der Waals surface area contributed by atoms with Gasteiger partial charge in [-0.2, -0.15) is 10.5 Å². The van der Waals surface area contributed by atoms with Crippen molar-refractivity contribution in [1.29, 1.82) is 10.5 Å². The molecular formula is C21H24BrFN4S2. The van der Waals surface area contributed by atoms with Crippen LogP contribution in [0.2, 0.25) is 0 Å². The Labute approximate surface area is 188 Å². The standard InChI is InChI=1S/C21H24BrFN4S2/c1-3-5-9-28-21(29-10-6-4-2)20(13-25)17(19(20,12-24)18(26)27-21)14-7-8-16(23)15(22)11-14/h7-8,11,17H,3-6,9-10H2,1-2H3,(H2,26,27). The molecule has 154 valence electrons. The van der Waals surface area contributed by atoms with Crippen LogP contribution in [0.5, 0.6) is 0 Å². The summed E-state index contributed by atoms with van der Waals surface area (Å²) in [5, 5.41) is 20.6. The average Bonchev–Trinajstić information content (AvgIpc) is 3.29. The van der Waals surface area contributed by atoms with E-state index in [1.165, 1.54) is 6.07 Å². The highest BCUT2D eigenvalue weighted by molar-refractivity contribution is 9.10. The zero-order valence-corrected chi connectivity index (χ0v) is 19.8. The summed E-state index contributed by atoms with van der Waals surface area (Å²) in [7, 11) is 0. The number of thioether (sulfide) groups is 2. The van der Waals surface area contributed by atoms with Crippen LogP contribution in [-0.2, 0) is 0 Å². The maximum absolute atomic E-state index is 13.8. The maximum atomic E-state index is 13.8. The largest absolute Gasteiger partial charge is 0.386 e. The molecule has 1 aliphatic heterocycles. The lowest BCUT2D eigenvalue weighted by Crippen LogP contribution is -2.32. The Bertz CT molecular complexity index is 899. The molecule has 1 saturated carbocycles. The lowest BCUT2D eigenvalue weighted by Gasteiger charge is -2.32. The summed E-state index contributed by atoms with van der Waals surface area (Å²) in [6.45, 7) is 4.25. The number of unbranched alkanes of at least 4 members (excludes halogenated alkanes) is 2. The predicted octanol–water partition coefficient (Wildman–Crippen LogP) is 5.80. The van der Waals surface area contributed by atoms with Gasteiger partial charge in [0.05, 0.1) is 16.6 Å². The van der Waals surface area contributed by atoms with Crippen LogP contribution in [0.15, 0.2) is 27.7 Å². The van der Waals surface area contributed by atoms with E-state index >= 15 is 0 Å². The van der Waals surface area contributed by atoms with Gasteiger partial charge < -0.3 is 5.73 Å². The van der Waals surface area contributed by atoms with Crippen LogP contribution in [0.25, 0.3) is 0 Å². The Morgan fingerprint density at radius 2 is 1.79 bits per heavy atom. The van der Waals surface area contributed by atoms with Gasteiger partial charge in [0.1, 0.15) is 22.5 Å². The summed E-state index contributed by atoms with van der Waals surface area (Å²) in [6.07, 6.45) is 4.09. The Balaban J connectivity index is 2.11. The average molecular weight is 495 g/mol. The first-order valence-electron chi connectivity index (χ1n) is 9.81. The van der Waals surface area contributed by atoms with Gasteiger partial charge in [-0.25, -0.2) is 9.38 Å². The normalized spacial score (nSPS) is 28.9. The summed E-state index contributed by atoms with van der Waals surface area (Å²) >= 11 is 6.51. The molecule has 1 heterocycles. The van der Waals surface area contributed by atoms with Gasteiger partial charge in [0.25, 0.3) is 0 Å². The molecule has 2 N–H and O–H groups in total. The van der Waals surface area contributed by atoms with Crippen LogP contribution in [0.1, 0.15) is 51.0 Å². The predicted molar refractivity (Wildman–Crippen MR) is 122 cm³/mol. The molecule has 3 atom stereocenters. The topological polar surface area (TPSA) is 86.0 Å². The third kappa shape index (κ3) is 3.10. The molecule has 1 fully saturated rings. The monoisotopic (exact) mass is 494 g/mol. The molecule has 0 saturated heterocycles. The number of nitriles is 2. The number of nitrogens with two attached hydrogens (primary N) is 1.